The molecule has 2 N–H and O–H groups in total. The summed E-state index contributed by atoms with van der Waals surface area (Å²) in [7, 11) is 0. The lowest BCUT2D eigenvalue weighted by atomic mass is 10.3. The number of nitrogens with one attached hydrogen (secondary N) is 1. The maximum absolute atomic E-state index is 8.72. The van der Waals surface area contributed by atoms with Gasteiger partial charge in [-0.2, -0.15) is 0 Å². The molecule has 1 aromatic heterocycles. The molecule has 72 valence electrons. The Balaban J connectivity index is 1.81. The second-order valence-corrected chi connectivity index (χ2v) is 3.64. The van der Waals surface area contributed by atoms with Crippen molar-refractivity contribution in [2.45, 2.75) is 32.0 Å². The monoisotopic (exact) mass is 180 g/mol. The van der Waals surface area contributed by atoms with Crippen LogP contribution in [-0.4, -0.2) is 22.3 Å². The predicted molar refractivity (Wildman–Crippen MR) is 51.4 cm³/mol. The average molecular weight is 180 g/mol. The average Bonchev–Trinajstić information content (AvgIpc) is 2.85. The third-order valence-corrected chi connectivity index (χ3v) is 2.34. The van der Waals surface area contributed by atoms with Gasteiger partial charge < -0.3 is 15.0 Å². The minimum Gasteiger partial charge on any atom is -0.395 e. The van der Waals surface area contributed by atoms with Gasteiger partial charge in [-0.05, 0) is 24.5 Å². The lowest BCUT2D eigenvalue weighted by Gasteiger charge is -1.99. The van der Waals surface area contributed by atoms with Crippen LogP contribution in [0.5, 0.6) is 0 Å². The van der Waals surface area contributed by atoms with Gasteiger partial charge in [0.1, 0.15) is 0 Å². The number of hydrogen-bond acceptors (Lipinski definition) is 2. The quantitative estimate of drug-likeness (QED) is 0.701. The number of hydrogen-bond donors (Lipinski definition) is 2. The molecule has 0 amide bonds. The number of nitrogens with zero attached hydrogens (tertiary/aromatic N) is 1. The Hall–Kier alpha value is -0.800. The van der Waals surface area contributed by atoms with E-state index in [1.54, 1.807) is 0 Å². The van der Waals surface area contributed by atoms with Crippen LogP contribution >= 0.6 is 0 Å². The number of aliphatic hydroxyl groups is 1. The maximum Gasteiger partial charge on any atom is 0.0610 e. The first-order valence-corrected chi connectivity index (χ1v) is 4.87. The molecule has 1 saturated carbocycles. The van der Waals surface area contributed by atoms with E-state index in [0.717, 1.165) is 12.6 Å². The normalized spacial score (nSPS) is 16.4. The van der Waals surface area contributed by atoms with Crippen LogP contribution in [0.4, 0.5) is 0 Å². The van der Waals surface area contributed by atoms with E-state index >= 15 is 0 Å². The third-order valence-electron chi connectivity index (χ3n) is 2.34. The van der Waals surface area contributed by atoms with Gasteiger partial charge in [0.15, 0.2) is 0 Å². The summed E-state index contributed by atoms with van der Waals surface area (Å²) in [6.07, 6.45) is 6.76. The maximum atomic E-state index is 8.72. The topological polar surface area (TPSA) is 37.2 Å². The standard InChI is InChI=1S/C10H16N2O/c13-6-5-12-4-3-9(8-12)7-11-10-1-2-10/h3-4,8,10-11,13H,1-2,5-7H2. The van der Waals surface area contributed by atoms with Crippen LogP contribution in [0.15, 0.2) is 18.5 Å². The van der Waals surface area contributed by atoms with Crippen molar-refractivity contribution in [3.05, 3.63) is 24.0 Å². The summed E-state index contributed by atoms with van der Waals surface area (Å²) >= 11 is 0. The molecule has 1 aliphatic rings. The van der Waals surface area contributed by atoms with Crippen molar-refractivity contribution in [1.29, 1.82) is 0 Å². The molecule has 3 nitrogen and oxygen atoms in total. The minimum atomic E-state index is 0.212. The fourth-order valence-corrected chi connectivity index (χ4v) is 1.40. The Kier molecular flexibility index (Phi) is 2.66. The molecule has 0 unspecified atom stereocenters. The van der Waals surface area contributed by atoms with Crippen molar-refractivity contribution in [1.82, 2.24) is 9.88 Å². The second-order valence-electron chi connectivity index (χ2n) is 3.64. The summed E-state index contributed by atoms with van der Waals surface area (Å²) in [5, 5.41) is 12.2. The molecule has 1 aliphatic carbocycles. The highest BCUT2D eigenvalue weighted by Gasteiger charge is 2.19. The van der Waals surface area contributed by atoms with Crippen molar-refractivity contribution in [2.24, 2.45) is 0 Å². The van der Waals surface area contributed by atoms with E-state index in [-0.39, 0.29) is 6.61 Å². The van der Waals surface area contributed by atoms with Crippen LogP contribution < -0.4 is 5.32 Å². The van der Waals surface area contributed by atoms with E-state index in [0.29, 0.717) is 6.54 Å². The van der Waals surface area contributed by atoms with Crippen LogP contribution in [0, 0.1) is 0 Å². The van der Waals surface area contributed by atoms with Crippen molar-refractivity contribution in [2.75, 3.05) is 6.61 Å². The number of aliphatic hydroxyl groups excluding tert-OH is 1. The molecular formula is C10H16N2O. The first-order valence-electron chi connectivity index (χ1n) is 4.87. The van der Waals surface area contributed by atoms with E-state index < -0.39 is 0 Å². The zero-order valence-electron chi connectivity index (χ0n) is 7.74. The molecule has 1 aromatic rings. The van der Waals surface area contributed by atoms with Gasteiger partial charge in [0, 0.05) is 31.5 Å². The smallest absolute Gasteiger partial charge is 0.0610 e. The van der Waals surface area contributed by atoms with Crippen LogP contribution in [0.2, 0.25) is 0 Å². The van der Waals surface area contributed by atoms with E-state index in [9.17, 15) is 0 Å². The molecule has 0 saturated heterocycles. The Morgan fingerprint density at radius 1 is 1.54 bits per heavy atom. The molecule has 0 spiro atoms. The Morgan fingerprint density at radius 3 is 3.08 bits per heavy atom. The van der Waals surface area contributed by atoms with E-state index in [1.165, 1.54) is 18.4 Å². The molecule has 0 atom stereocenters. The SMILES string of the molecule is OCCn1ccc(CNC2CC2)c1. The third kappa shape index (κ3) is 2.57. The first kappa shape index (κ1) is 8.78. The van der Waals surface area contributed by atoms with E-state index in [2.05, 4.69) is 17.6 Å². The molecule has 3 heteroatoms. The van der Waals surface area contributed by atoms with Crippen LogP contribution in [0.1, 0.15) is 18.4 Å². The molecule has 13 heavy (non-hydrogen) atoms. The van der Waals surface area contributed by atoms with Gasteiger partial charge in [0.05, 0.1) is 6.61 Å². The Labute approximate surface area is 78.4 Å². The van der Waals surface area contributed by atoms with Crippen LogP contribution in [0.25, 0.3) is 0 Å². The van der Waals surface area contributed by atoms with E-state index in [4.69, 9.17) is 5.11 Å². The van der Waals surface area contributed by atoms with Gasteiger partial charge in [-0.25, -0.2) is 0 Å². The molecular weight excluding hydrogens is 164 g/mol. The molecule has 0 aliphatic heterocycles. The van der Waals surface area contributed by atoms with Crippen molar-refractivity contribution >= 4 is 0 Å². The predicted octanol–water partition coefficient (Wildman–Crippen LogP) is 0.732. The summed E-state index contributed by atoms with van der Waals surface area (Å²) in [5.74, 6) is 0. The minimum absolute atomic E-state index is 0.212. The molecule has 0 aromatic carbocycles. The van der Waals surface area contributed by atoms with Crippen LogP contribution in [-0.2, 0) is 13.1 Å². The molecule has 1 heterocycles. The zero-order chi connectivity index (χ0) is 9.10. The zero-order valence-corrected chi connectivity index (χ0v) is 7.74. The second kappa shape index (κ2) is 3.94. The van der Waals surface area contributed by atoms with E-state index in [1.807, 2.05) is 10.8 Å². The van der Waals surface area contributed by atoms with Crippen LogP contribution in [0.3, 0.4) is 0 Å². The molecule has 0 bridgehead atoms. The van der Waals surface area contributed by atoms with Gasteiger partial charge in [-0.1, -0.05) is 0 Å². The molecule has 0 radical (unpaired) electrons. The summed E-state index contributed by atoms with van der Waals surface area (Å²) in [5.41, 5.74) is 1.31. The van der Waals surface area contributed by atoms with Crippen molar-refractivity contribution < 1.29 is 5.11 Å². The fourth-order valence-electron chi connectivity index (χ4n) is 1.40. The first-order chi connectivity index (χ1) is 6.38. The van der Waals surface area contributed by atoms with Gasteiger partial charge in [0.25, 0.3) is 0 Å². The highest BCUT2D eigenvalue weighted by molar-refractivity contribution is 5.10. The Bertz CT molecular complexity index is 266. The molecule has 2 rings (SSSR count). The van der Waals surface area contributed by atoms with Gasteiger partial charge in [-0.15, -0.1) is 0 Å². The van der Waals surface area contributed by atoms with Gasteiger partial charge in [0.2, 0.25) is 0 Å². The summed E-state index contributed by atoms with van der Waals surface area (Å²) in [6.45, 7) is 1.87. The Morgan fingerprint density at radius 2 is 2.38 bits per heavy atom. The van der Waals surface area contributed by atoms with Gasteiger partial charge >= 0.3 is 0 Å². The highest BCUT2D eigenvalue weighted by Crippen LogP contribution is 2.19. The molecule has 1 fully saturated rings. The number of rotatable bonds is 5. The fraction of sp³-hybridized carbons (Fsp3) is 0.600. The number of aromatic nitrogens is 1. The summed E-state index contributed by atoms with van der Waals surface area (Å²) in [4.78, 5) is 0. The van der Waals surface area contributed by atoms with Crippen molar-refractivity contribution in [3.63, 3.8) is 0 Å². The largest absolute Gasteiger partial charge is 0.395 e. The summed E-state index contributed by atoms with van der Waals surface area (Å²) < 4.78 is 2.02. The summed E-state index contributed by atoms with van der Waals surface area (Å²) in [6, 6.07) is 2.87. The van der Waals surface area contributed by atoms with Gasteiger partial charge in [-0.3, -0.25) is 0 Å². The van der Waals surface area contributed by atoms with Crippen molar-refractivity contribution in [3.8, 4) is 0 Å². The lowest BCUT2D eigenvalue weighted by Crippen LogP contribution is -2.14. The lowest BCUT2D eigenvalue weighted by molar-refractivity contribution is 0.276. The highest BCUT2D eigenvalue weighted by atomic mass is 16.3.